The molecule has 3 aliphatic rings. The third kappa shape index (κ3) is 4.08. The van der Waals surface area contributed by atoms with Gasteiger partial charge in [-0.3, -0.25) is 0 Å². The number of hydrogen-bond donors (Lipinski definition) is 1. The predicted octanol–water partition coefficient (Wildman–Crippen LogP) is 3.67. The van der Waals surface area contributed by atoms with Crippen LogP contribution in [0, 0.1) is 15.7 Å². The van der Waals surface area contributed by atoms with Crippen LogP contribution in [0.5, 0.6) is 0 Å². The van der Waals surface area contributed by atoms with E-state index in [-0.39, 0.29) is 40.6 Å². The Morgan fingerprint density at radius 3 is 2.00 bits per heavy atom. The summed E-state index contributed by atoms with van der Waals surface area (Å²) in [6, 6.07) is 0. The lowest BCUT2D eigenvalue weighted by Gasteiger charge is -2.59. The molecule has 5 atom stereocenters. The first-order valence-electron chi connectivity index (χ1n) is 10.9. The molecular formula is C21H37NO6S2. The normalized spacial score (nSPS) is 46.9. The highest BCUT2D eigenvalue weighted by Gasteiger charge is 2.62. The minimum Gasteiger partial charge on any atom is -0.396 e. The molecule has 2 aliphatic heterocycles. The molecule has 9 heteroatoms. The van der Waals surface area contributed by atoms with Crippen molar-refractivity contribution < 1.29 is 24.1 Å². The first-order chi connectivity index (χ1) is 14.3. The Bertz CT molecular complexity index is 596. The van der Waals surface area contributed by atoms with E-state index in [1.54, 1.807) is 23.5 Å². The maximum atomic E-state index is 10.9. The van der Waals surface area contributed by atoms with Crippen LogP contribution in [0.3, 0.4) is 0 Å². The summed E-state index contributed by atoms with van der Waals surface area (Å²) in [5.41, 5.74) is -0.702. The highest BCUT2D eigenvalue weighted by atomic mass is 32.2. The van der Waals surface area contributed by atoms with Crippen molar-refractivity contribution in [3.05, 3.63) is 4.91 Å². The first-order valence-corrected chi connectivity index (χ1v) is 13.5. The van der Waals surface area contributed by atoms with E-state index in [1.165, 1.54) is 0 Å². The fourth-order valence-corrected chi connectivity index (χ4v) is 6.86. The van der Waals surface area contributed by atoms with Gasteiger partial charge in [0.2, 0.25) is 0 Å². The predicted molar refractivity (Wildman–Crippen MR) is 121 cm³/mol. The van der Waals surface area contributed by atoms with Crippen LogP contribution in [0.1, 0.15) is 46.5 Å². The van der Waals surface area contributed by atoms with Crippen LogP contribution in [0.4, 0.5) is 0 Å². The van der Waals surface area contributed by atoms with E-state index < -0.39 is 11.6 Å². The second kappa shape index (κ2) is 9.53. The fourth-order valence-electron chi connectivity index (χ4n) is 4.89. The number of hydrogen-bond acceptors (Lipinski definition) is 9. The van der Waals surface area contributed by atoms with Crippen LogP contribution >= 0.6 is 23.5 Å². The van der Waals surface area contributed by atoms with Gasteiger partial charge in [-0.05, 0) is 32.3 Å². The van der Waals surface area contributed by atoms with Gasteiger partial charge in [0.25, 0.3) is 0 Å². The largest absolute Gasteiger partial charge is 0.396 e. The van der Waals surface area contributed by atoms with Crippen molar-refractivity contribution in [1.82, 2.24) is 0 Å². The van der Waals surface area contributed by atoms with Gasteiger partial charge in [-0.15, -0.1) is 0 Å². The highest BCUT2D eigenvalue weighted by molar-refractivity contribution is 7.99. The third-order valence-electron chi connectivity index (χ3n) is 7.75. The van der Waals surface area contributed by atoms with Crippen molar-refractivity contribution >= 4 is 23.5 Å². The summed E-state index contributed by atoms with van der Waals surface area (Å²) < 4.78 is 25.9. The number of ether oxygens (including phenoxy) is 4. The molecule has 2 spiro atoms. The molecule has 0 aromatic rings. The summed E-state index contributed by atoms with van der Waals surface area (Å²) in [6.07, 6.45) is 6.93. The van der Waals surface area contributed by atoms with Crippen LogP contribution in [-0.4, -0.2) is 78.8 Å². The van der Waals surface area contributed by atoms with Gasteiger partial charge in [0, 0.05) is 23.7 Å². The highest BCUT2D eigenvalue weighted by Crippen LogP contribution is 2.54. The van der Waals surface area contributed by atoms with Crippen molar-refractivity contribution in [1.29, 1.82) is 0 Å². The number of rotatable bonds is 7. The first kappa shape index (κ1) is 24.7. The second-order valence-electron chi connectivity index (χ2n) is 9.12. The SMILES string of the molecule is CCC1(CN=O)COC2(CC(SC)C3(CC2SC)OCC(CC)(CO)C(C)O3)OC1. The van der Waals surface area contributed by atoms with Crippen LogP contribution in [-0.2, 0) is 18.9 Å². The molecule has 1 N–H and O–H groups in total. The number of nitroso groups, excluding NO2 is 1. The van der Waals surface area contributed by atoms with E-state index in [0.29, 0.717) is 32.7 Å². The molecule has 1 aliphatic carbocycles. The molecule has 7 nitrogen and oxygen atoms in total. The van der Waals surface area contributed by atoms with Gasteiger partial charge in [0.15, 0.2) is 11.6 Å². The van der Waals surface area contributed by atoms with Crippen LogP contribution in [0.15, 0.2) is 5.18 Å². The van der Waals surface area contributed by atoms with Gasteiger partial charge in [-0.1, -0.05) is 19.0 Å². The quantitative estimate of drug-likeness (QED) is 0.573. The lowest BCUT2D eigenvalue weighted by molar-refractivity contribution is -0.376. The third-order valence-corrected chi connectivity index (χ3v) is 9.94. The zero-order valence-corrected chi connectivity index (χ0v) is 20.5. The Morgan fingerprint density at radius 2 is 1.53 bits per heavy atom. The zero-order valence-electron chi connectivity index (χ0n) is 18.8. The summed E-state index contributed by atoms with van der Waals surface area (Å²) in [6.45, 7) is 7.87. The smallest absolute Gasteiger partial charge is 0.181 e. The van der Waals surface area contributed by atoms with Crippen molar-refractivity contribution in [3.63, 3.8) is 0 Å². The molecule has 3 fully saturated rings. The van der Waals surface area contributed by atoms with Crippen molar-refractivity contribution in [2.45, 2.75) is 74.6 Å². The minimum absolute atomic E-state index is 0.0372. The molecule has 3 rings (SSSR count). The molecule has 0 radical (unpaired) electrons. The Kier molecular flexibility index (Phi) is 7.86. The molecule has 2 saturated heterocycles. The Labute approximate surface area is 188 Å². The molecule has 0 aromatic carbocycles. The maximum Gasteiger partial charge on any atom is 0.181 e. The van der Waals surface area contributed by atoms with E-state index in [4.69, 9.17) is 18.9 Å². The lowest BCUT2D eigenvalue weighted by atomic mass is 9.78. The number of aliphatic hydroxyl groups is 1. The average Bonchev–Trinajstić information content (AvgIpc) is 2.77. The summed E-state index contributed by atoms with van der Waals surface area (Å²) in [7, 11) is 0. The summed E-state index contributed by atoms with van der Waals surface area (Å²) in [5, 5.41) is 13.2. The van der Waals surface area contributed by atoms with Crippen LogP contribution in [0.2, 0.25) is 0 Å². The molecule has 5 unspecified atom stereocenters. The zero-order chi connectivity index (χ0) is 22.0. The molecule has 30 heavy (non-hydrogen) atoms. The summed E-state index contributed by atoms with van der Waals surface area (Å²) >= 11 is 3.43. The van der Waals surface area contributed by atoms with Gasteiger partial charge in [0.05, 0.1) is 49.6 Å². The summed E-state index contributed by atoms with van der Waals surface area (Å²) in [5.74, 6) is -1.44. The minimum atomic E-state index is -0.720. The molecule has 0 amide bonds. The maximum absolute atomic E-state index is 10.9. The van der Waals surface area contributed by atoms with E-state index in [2.05, 4.69) is 38.5 Å². The van der Waals surface area contributed by atoms with Gasteiger partial charge in [-0.25, -0.2) is 0 Å². The molecule has 0 bridgehead atoms. The number of nitrogens with zero attached hydrogens (tertiary/aromatic N) is 1. The fraction of sp³-hybridized carbons (Fsp3) is 1.00. The second-order valence-corrected chi connectivity index (χ2v) is 11.2. The summed E-state index contributed by atoms with van der Waals surface area (Å²) in [4.78, 5) is 10.9. The molecule has 174 valence electrons. The van der Waals surface area contributed by atoms with Gasteiger partial charge >= 0.3 is 0 Å². The van der Waals surface area contributed by atoms with Crippen molar-refractivity contribution in [2.75, 3.05) is 45.5 Å². The van der Waals surface area contributed by atoms with E-state index >= 15 is 0 Å². The Morgan fingerprint density at radius 1 is 0.967 bits per heavy atom. The van der Waals surface area contributed by atoms with Crippen LogP contribution in [0.25, 0.3) is 0 Å². The topological polar surface area (TPSA) is 86.6 Å². The van der Waals surface area contributed by atoms with Crippen molar-refractivity contribution in [2.24, 2.45) is 16.0 Å². The lowest BCUT2D eigenvalue weighted by Crippen LogP contribution is -2.68. The van der Waals surface area contributed by atoms with Crippen molar-refractivity contribution in [3.8, 4) is 0 Å². The van der Waals surface area contributed by atoms with E-state index in [0.717, 1.165) is 12.8 Å². The molecule has 2 heterocycles. The van der Waals surface area contributed by atoms with Gasteiger partial charge < -0.3 is 24.1 Å². The average molecular weight is 464 g/mol. The molecule has 1 saturated carbocycles. The van der Waals surface area contributed by atoms with E-state index in [9.17, 15) is 10.0 Å². The Hall–Kier alpha value is 0.1000. The monoisotopic (exact) mass is 463 g/mol. The van der Waals surface area contributed by atoms with E-state index in [1.807, 2.05) is 0 Å². The number of aliphatic hydroxyl groups excluding tert-OH is 1. The molecular weight excluding hydrogens is 426 g/mol. The van der Waals surface area contributed by atoms with Crippen LogP contribution < -0.4 is 0 Å². The number of thioether (sulfide) groups is 2. The standard InChI is InChI=1S/C21H37NO6S2/c1-6-18(10-22-24)12-25-20(26-13-18)8-17(30-5)21(9-16(20)29-4)27-14-19(7-2,11-23)15(3)28-21/h15-17,23H,6-14H2,1-5H3. The molecule has 0 aromatic heterocycles. The Balaban J connectivity index is 1.82. The van der Waals surface area contributed by atoms with Gasteiger partial charge in [-0.2, -0.15) is 28.4 Å². The van der Waals surface area contributed by atoms with Gasteiger partial charge in [0.1, 0.15) is 0 Å².